The van der Waals surface area contributed by atoms with Crippen molar-refractivity contribution in [2.45, 2.75) is 39.3 Å². The Morgan fingerprint density at radius 3 is 3.00 bits per heavy atom. The largest absolute Gasteiger partial charge is 0.334 e. The molecule has 116 valence electrons. The zero-order chi connectivity index (χ0) is 15.7. The van der Waals surface area contributed by atoms with Crippen molar-refractivity contribution in [3.63, 3.8) is 0 Å². The molecular weight excluding hydrogens is 298 g/mol. The minimum absolute atomic E-state index is 0.0104. The Hall–Kier alpha value is -1.95. The predicted octanol–water partition coefficient (Wildman–Crippen LogP) is 2.15. The zero-order valence-electron chi connectivity index (χ0n) is 12.8. The molecule has 0 N–H and O–H groups in total. The van der Waals surface area contributed by atoms with Gasteiger partial charge in [0.25, 0.3) is 5.56 Å². The van der Waals surface area contributed by atoms with Crippen molar-refractivity contribution in [2.75, 3.05) is 6.54 Å². The molecular formula is C16H19N3O2S. The van der Waals surface area contributed by atoms with Gasteiger partial charge in [-0.15, -0.1) is 11.3 Å². The Kier molecular flexibility index (Phi) is 4.11. The molecule has 22 heavy (non-hydrogen) atoms. The standard InChI is InChI=1S/C16H19N3O2S/c1-3-13-12-7-9-22-14(12)6-8-18(13)16(21)10-19-15(20)5-4-11(2)17-19/h4-5,7,9,13H,3,6,8,10H2,1-2H3/t13-/m0/s1. The monoisotopic (exact) mass is 317 g/mol. The minimum atomic E-state index is -0.236. The third-order valence-corrected chi connectivity index (χ3v) is 5.08. The van der Waals surface area contributed by atoms with Crippen molar-refractivity contribution in [3.05, 3.63) is 50.1 Å². The van der Waals surface area contributed by atoms with Crippen molar-refractivity contribution >= 4 is 17.2 Å². The highest BCUT2D eigenvalue weighted by Gasteiger charge is 2.30. The third-order valence-electron chi connectivity index (χ3n) is 4.09. The first-order valence-electron chi connectivity index (χ1n) is 7.50. The molecule has 1 aliphatic heterocycles. The van der Waals surface area contributed by atoms with Crippen LogP contribution in [0.5, 0.6) is 0 Å². The predicted molar refractivity (Wildman–Crippen MR) is 86.0 cm³/mol. The Bertz CT molecular complexity index is 750. The molecule has 1 atom stereocenters. The number of carbonyl (C=O) groups excluding carboxylic acids is 1. The van der Waals surface area contributed by atoms with Crippen molar-refractivity contribution in [1.29, 1.82) is 0 Å². The molecule has 5 nitrogen and oxygen atoms in total. The van der Waals surface area contributed by atoms with Gasteiger partial charge in [-0.25, -0.2) is 4.68 Å². The molecule has 2 aromatic rings. The number of carbonyl (C=O) groups is 1. The molecule has 1 amide bonds. The molecule has 0 saturated carbocycles. The number of amides is 1. The average molecular weight is 317 g/mol. The number of aromatic nitrogens is 2. The Balaban J connectivity index is 1.83. The lowest BCUT2D eigenvalue weighted by Gasteiger charge is -2.35. The highest BCUT2D eigenvalue weighted by atomic mass is 32.1. The summed E-state index contributed by atoms with van der Waals surface area (Å²) >= 11 is 1.76. The van der Waals surface area contributed by atoms with E-state index in [1.54, 1.807) is 17.4 Å². The fourth-order valence-corrected chi connectivity index (χ4v) is 3.95. The second-order valence-corrected chi connectivity index (χ2v) is 6.53. The van der Waals surface area contributed by atoms with E-state index >= 15 is 0 Å². The van der Waals surface area contributed by atoms with Crippen LogP contribution in [-0.4, -0.2) is 27.1 Å². The molecule has 0 fully saturated rings. The van der Waals surface area contributed by atoms with E-state index < -0.39 is 0 Å². The first-order chi connectivity index (χ1) is 10.6. The van der Waals surface area contributed by atoms with Crippen LogP contribution in [0.2, 0.25) is 0 Å². The Morgan fingerprint density at radius 1 is 1.41 bits per heavy atom. The summed E-state index contributed by atoms with van der Waals surface area (Å²) in [7, 11) is 0. The number of fused-ring (bicyclic) bond motifs is 1. The minimum Gasteiger partial charge on any atom is -0.334 e. The van der Waals surface area contributed by atoms with Crippen LogP contribution in [0.25, 0.3) is 0 Å². The molecule has 3 rings (SSSR count). The summed E-state index contributed by atoms with van der Waals surface area (Å²) < 4.78 is 1.26. The quantitative estimate of drug-likeness (QED) is 0.871. The Morgan fingerprint density at radius 2 is 2.23 bits per heavy atom. The van der Waals surface area contributed by atoms with Gasteiger partial charge in [0.15, 0.2) is 0 Å². The topological polar surface area (TPSA) is 55.2 Å². The van der Waals surface area contributed by atoms with Crippen molar-refractivity contribution in [1.82, 2.24) is 14.7 Å². The van der Waals surface area contributed by atoms with Gasteiger partial charge in [0.1, 0.15) is 6.54 Å². The van der Waals surface area contributed by atoms with Crippen LogP contribution in [0.4, 0.5) is 0 Å². The molecule has 0 aliphatic carbocycles. The van der Waals surface area contributed by atoms with Gasteiger partial charge in [0.2, 0.25) is 5.91 Å². The van der Waals surface area contributed by atoms with E-state index in [-0.39, 0.29) is 24.1 Å². The SMILES string of the molecule is CC[C@H]1c2ccsc2CCN1C(=O)Cn1nc(C)ccc1=O. The molecule has 0 bridgehead atoms. The Labute approximate surface area is 133 Å². The normalized spacial score (nSPS) is 17.4. The number of hydrogen-bond donors (Lipinski definition) is 0. The highest BCUT2D eigenvalue weighted by molar-refractivity contribution is 7.10. The van der Waals surface area contributed by atoms with E-state index in [4.69, 9.17) is 0 Å². The second kappa shape index (κ2) is 6.04. The van der Waals surface area contributed by atoms with Crippen LogP contribution in [-0.2, 0) is 17.8 Å². The van der Waals surface area contributed by atoms with Gasteiger partial charge in [-0.1, -0.05) is 6.92 Å². The van der Waals surface area contributed by atoms with Crippen LogP contribution >= 0.6 is 11.3 Å². The number of thiophene rings is 1. The summed E-state index contributed by atoms with van der Waals surface area (Å²) in [4.78, 5) is 27.8. The lowest BCUT2D eigenvalue weighted by Crippen LogP contribution is -2.42. The van der Waals surface area contributed by atoms with Gasteiger partial charge in [-0.2, -0.15) is 5.10 Å². The molecule has 3 heterocycles. The summed E-state index contributed by atoms with van der Waals surface area (Å²) in [5.74, 6) is -0.0381. The molecule has 0 saturated heterocycles. The lowest BCUT2D eigenvalue weighted by atomic mass is 9.98. The zero-order valence-corrected chi connectivity index (χ0v) is 13.6. The molecule has 1 aliphatic rings. The molecule has 2 aromatic heterocycles. The molecule has 0 spiro atoms. The maximum Gasteiger partial charge on any atom is 0.267 e. The molecule has 0 unspecified atom stereocenters. The van der Waals surface area contributed by atoms with E-state index in [1.165, 1.54) is 21.2 Å². The number of rotatable bonds is 3. The summed E-state index contributed by atoms with van der Waals surface area (Å²) in [6, 6.07) is 5.35. The van der Waals surface area contributed by atoms with Crippen LogP contribution in [0.3, 0.4) is 0 Å². The fourth-order valence-electron chi connectivity index (χ4n) is 3.02. The van der Waals surface area contributed by atoms with Crippen LogP contribution < -0.4 is 5.56 Å². The van der Waals surface area contributed by atoms with E-state index in [1.807, 2.05) is 11.8 Å². The van der Waals surface area contributed by atoms with Crippen molar-refractivity contribution in [2.24, 2.45) is 0 Å². The first kappa shape index (κ1) is 15.0. The van der Waals surface area contributed by atoms with Gasteiger partial charge in [-0.3, -0.25) is 9.59 Å². The second-order valence-electron chi connectivity index (χ2n) is 5.53. The molecule has 0 radical (unpaired) electrons. The summed E-state index contributed by atoms with van der Waals surface area (Å²) in [6.45, 7) is 4.63. The van der Waals surface area contributed by atoms with Gasteiger partial charge in [-0.05, 0) is 42.8 Å². The van der Waals surface area contributed by atoms with E-state index in [0.29, 0.717) is 6.54 Å². The summed E-state index contributed by atoms with van der Waals surface area (Å²) in [6.07, 6.45) is 1.77. The van der Waals surface area contributed by atoms with E-state index in [0.717, 1.165) is 18.5 Å². The molecule has 6 heteroatoms. The van der Waals surface area contributed by atoms with Crippen LogP contribution in [0.15, 0.2) is 28.4 Å². The smallest absolute Gasteiger partial charge is 0.267 e. The lowest BCUT2D eigenvalue weighted by molar-refractivity contribution is -0.135. The number of nitrogens with zero attached hydrogens (tertiary/aromatic N) is 3. The maximum absolute atomic E-state index is 12.7. The highest BCUT2D eigenvalue weighted by Crippen LogP contribution is 2.35. The van der Waals surface area contributed by atoms with E-state index in [2.05, 4.69) is 23.5 Å². The average Bonchev–Trinajstić information content (AvgIpc) is 2.98. The summed E-state index contributed by atoms with van der Waals surface area (Å²) in [5.41, 5.74) is 1.76. The van der Waals surface area contributed by atoms with Crippen molar-refractivity contribution < 1.29 is 4.79 Å². The van der Waals surface area contributed by atoms with Gasteiger partial charge in [0, 0.05) is 17.5 Å². The fraction of sp³-hybridized carbons (Fsp3) is 0.438. The first-order valence-corrected chi connectivity index (χ1v) is 8.38. The van der Waals surface area contributed by atoms with Crippen LogP contribution in [0.1, 0.15) is 35.5 Å². The number of aryl methyl sites for hydroxylation is 1. The van der Waals surface area contributed by atoms with Gasteiger partial charge < -0.3 is 4.90 Å². The summed E-state index contributed by atoms with van der Waals surface area (Å²) in [5, 5.41) is 6.24. The van der Waals surface area contributed by atoms with Gasteiger partial charge in [0.05, 0.1) is 11.7 Å². The number of hydrogen-bond acceptors (Lipinski definition) is 4. The third kappa shape index (κ3) is 2.70. The molecule has 0 aromatic carbocycles. The van der Waals surface area contributed by atoms with Crippen molar-refractivity contribution in [3.8, 4) is 0 Å². The van der Waals surface area contributed by atoms with Crippen LogP contribution in [0, 0.1) is 6.92 Å². The van der Waals surface area contributed by atoms with E-state index in [9.17, 15) is 9.59 Å². The van der Waals surface area contributed by atoms with Gasteiger partial charge >= 0.3 is 0 Å². The maximum atomic E-state index is 12.7.